The highest BCUT2D eigenvalue weighted by molar-refractivity contribution is 6.15. The molecule has 1 saturated heterocycles. The number of guanidine groups is 1. The molecule has 0 saturated carbocycles. The molecule has 9 nitrogen and oxygen atoms in total. The number of hydrogen-bond donors (Lipinski definition) is 2. The standard InChI is InChI=1S/C27H35N5O4/c1-5-36-24-14-19-20(15-23(24)35-4)25(29-22-10-11-31(2)16-21(19)22)17-6-8-18(9-7-17)26(34)30-27(28)32(3)12-13-33/h6-9,14-15,21-22,33H,5,10-13,16H2,1-4H3,(H2,28,30,34). The normalized spacial score (nSPS) is 19.7. The number of carbonyl (C=O) groups is 1. The van der Waals surface area contributed by atoms with E-state index in [2.05, 4.69) is 23.0 Å². The monoisotopic (exact) mass is 493 g/mol. The van der Waals surface area contributed by atoms with E-state index in [0.29, 0.717) is 24.5 Å². The Bertz CT molecular complexity index is 1160. The molecule has 192 valence electrons. The molecule has 3 N–H and O–H groups in total. The number of likely N-dealkylation sites (N-methyl/N-ethyl adjacent to an activating group) is 2. The van der Waals surface area contributed by atoms with Crippen molar-refractivity contribution in [2.24, 2.45) is 15.7 Å². The minimum Gasteiger partial charge on any atom is -0.493 e. The number of aliphatic imine (C=N–C) groups is 2. The van der Waals surface area contributed by atoms with Gasteiger partial charge in [-0.3, -0.25) is 9.79 Å². The van der Waals surface area contributed by atoms with Crippen molar-refractivity contribution in [1.82, 2.24) is 9.80 Å². The van der Waals surface area contributed by atoms with Crippen LogP contribution in [0.3, 0.4) is 0 Å². The highest BCUT2D eigenvalue weighted by Gasteiger charge is 2.36. The Morgan fingerprint density at radius 3 is 2.69 bits per heavy atom. The SMILES string of the molecule is CCOc1cc2c(cc1OC)C(c1ccc(C(=O)N=C(N)N(C)CCO)cc1)=NC1CCN(C)CC21. The fourth-order valence-corrected chi connectivity index (χ4v) is 4.83. The van der Waals surface area contributed by atoms with Crippen LogP contribution < -0.4 is 15.2 Å². The lowest BCUT2D eigenvalue weighted by molar-refractivity contribution is 0.100. The number of methoxy groups -OCH3 is 1. The van der Waals surface area contributed by atoms with E-state index >= 15 is 0 Å². The molecule has 4 rings (SSSR count). The highest BCUT2D eigenvalue weighted by Crippen LogP contribution is 2.42. The second kappa shape index (κ2) is 11.1. The third-order valence-electron chi connectivity index (χ3n) is 6.81. The van der Waals surface area contributed by atoms with Crippen LogP contribution in [-0.2, 0) is 0 Å². The summed E-state index contributed by atoms with van der Waals surface area (Å²) >= 11 is 0. The molecule has 0 radical (unpaired) electrons. The molecule has 1 fully saturated rings. The molecular formula is C27H35N5O4. The van der Waals surface area contributed by atoms with Gasteiger partial charge in [0.25, 0.3) is 5.91 Å². The predicted molar refractivity (Wildman–Crippen MR) is 141 cm³/mol. The van der Waals surface area contributed by atoms with Crippen LogP contribution in [0.25, 0.3) is 0 Å². The summed E-state index contributed by atoms with van der Waals surface area (Å²) in [5, 5.41) is 9.06. The van der Waals surface area contributed by atoms with Gasteiger partial charge in [-0.25, -0.2) is 0 Å². The second-order valence-corrected chi connectivity index (χ2v) is 9.22. The van der Waals surface area contributed by atoms with Crippen LogP contribution in [-0.4, -0.2) is 92.6 Å². The molecule has 2 unspecified atom stereocenters. The van der Waals surface area contributed by atoms with Gasteiger partial charge in [0.15, 0.2) is 17.5 Å². The van der Waals surface area contributed by atoms with Crippen molar-refractivity contribution in [3.8, 4) is 11.5 Å². The van der Waals surface area contributed by atoms with Crippen LogP contribution in [0.2, 0.25) is 0 Å². The van der Waals surface area contributed by atoms with Gasteiger partial charge in [-0.15, -0.1) is 0 Å². The molecular weight excluding hydrogens is 458 g/mol. The van der Waals surface area contributed by atoms with E-state index in [4.69, 9.17) is 25.3 Å². The van der Waals surface area contributed by atoms with Crippen molar-refractivity contribution in [2.45, 2.75) is 25.3 Å². The number of nitrogens with two attached hydrogens (primary N) is 1. The van der Waals surface area contributed by atoms with Gasteiger partial charge in [0.2, 0.25) is 0 Å². The zero-order valence-corrected chi connectivity index (χ0v) is 21.4. The number of amides is 1. The van der Waals surface area contributed by atoms with E-state index in [1.807, 2.05) is 25.1 Å². The number of aliphatic hydroxyl groups is 1. The second-order valence-electron chi connectivity index (χ2n) is 9.22. The summed E-state index contributed by atoms with van der Waals surface area (Å²) in [5.74, 6) is 1.33. The average Bonchev–Trinajstić information content (AvgIpc) is 2.88. The van der Waals surface area contributed by atoms with Crippen LogP contribution in [0.1, 0.15) is 46.3 Å². The van der Waals surface area contributed by atoms with Gasteiger partial charge >= 0.3 is 0 Å². The molecule has 2 aliphatic rings. The Labute approximate surface area is 212 Å². The van der Waals surface area contributed by atoms with Crippen LogP contribution in [0.15, 0.2) is 46.4 Å². The lowest BCUT2D eigenvalue weighted by atomic mass is 9.79. The summed E-state index contributed by atoms with van der Waals surface area (Å²) in [6.45, 7) is 4.68. The van der Waals surface area contributed by atoms with E-state index < -0.39 is 5.91 Å². The van der Waals surface area contributed by atoms with Crippen molar-refractivity contribution in [3.63, 3.8) is 0 Å². The first-order valence-electron chi connectivity index (χ1n) is 12.3. The van der Waals surface area contributed by atoms with Crippen molar-refractivity contribution in [2.75, 3.05) is 54.1 Å². The highest BCUT2D eigenvalue weighted by atomic mass is 16.5. The first-order valence-corrected chi connectivity index (χ1v) is 12.3. The molecule has 1 amide bonds. The summed E-state index contributed by atoms with van der Waals surface area (Å²) in [6, 6.07) is 11.6. The van der Waals surface area contributed by atoms with E-state index in [1.54, 1.807) is 26.3 Å². The maximum atomic E-state index is 12.6. The van der Waals surface area contributed by atoms with Crippen LogP contribution in [0.5, 0.6) is 11.5 Å². The predicted octanol–water partition coefficient (Wildman–Crippen LogP) is 2.11. The van der Waals surface area contributed by atoms with Gasteiger partial charge < -0.3 is 30.1 Å². The fourth-order valence-electron chi connectivity index (χ4n) is 4.83. The smallest absolute Gasteiger partial charge is 0.280 e. The molecule has 0 aromatic heterocycles. The van der Waals surface area contributed by atoms with Gasteiger partial charge in [0.05, 0.1) is 32.1 Å². The lowest BCUT2D eigenvalue weighted by Crippen LogP contribution is -2.41. The van der Waals surface area contributed by atoms with Crippen LogP contribution >= 0.6 is 0 Å². The van der Waals surface area contributed by atoms with Gasteiger partial charge in [-0.2, -0.15) is 4.99 Å². The minimum absolute atomic E-state index is 0.0641. The van der Waals surface area contributed by atoms with Crippen molar-refractivity contribution in [1.29, 1.82) is 0 Å². The Balaban J connectivity index is 1.70. The molecule has 2 heterocycles. The molecule has 9 heteroatoms. The Kier molecular flexibility index (Phi) is 7.91. The Morgan fingerprint density at radius 2 is 2.03 bits per heavy atom. The van der Waals surface area contributed by atoms with Crippen molar-refractivity contribution in [3.05, 3.63) is 58.7 Å². The molecule has 2 aromatic rings. The van der Waals surface area contributed by atoms with Gasteiger partial charge in [0.1, 0.15) is 0 Å². The third-order valence-corrected chi connectivity index (χ3v) is 6.81. The number of aliphatic hydroxyl groups excluding tert-OH is 1. The van der Waals surface area contributed by atoms with Gasteiger partial charge in [-0.1, -0.05) is 12.1 Å². The van der Waals surface area contributed by atoms with E-state index in [9.17, 15) is 4.79 Å². The number of rotatable bonds is 7. The number of fused-ring (bicyclic) bond motifs is 3. The maximum absolute atomic E-state index is 12.6. The number of ether oxygens (including phenoxy) is 2. The molecule has 0 bridgehead atoms. The van der Waals surface area contributed by atoms with Crippen molar-refractivity contribution < 1.29 is 19.4 Å². The largest absolute Gasteiger partial charge is 0.493 e. The zero-order valence-electron chi connectivity index (χ0n) is 21.4. The Morgan fingerprint density at radius 1 is 1.28 bits per heavy atom. The van der Waals surface area contributed by atoms with Crippen LogP contribution in [0.4, 0.5) is 0 Å². The summed E-state index contributed by atoms with van der Waals surface area (Å²) in [5.41, 5.74) is 10.4. The van der Waals surface area contributed by atoms with Crippen LogP contribution in [0, 0.1) is 0 Å². The number of hydrogen-bond acceptors (Lipinski definition) is 6. The molecule has 2 atom stereocenters. The summed E-state index contributed by atoms with van der Waals surface area (Å²) in [4.78, 5) is 25.7. The first kappa shape index (κ1) is 25.7. The van der Waals surface area contributed by atoms with Gasteiger partial charge in [0, 0.05) is 42.7 Å². The number of piperidine rings is 1. The zero-order chi connectivity index (χ0) is 25.8. The van der Waals surface area contributed by atoms with Crippen molar-refractivity contribution >= 4 is 17.6 Å². The topological polar surface area (TPSA) is 113 Å². The van der Waals surface area contributed by atoms with E-state index in [0.717, 1.165) is 42.1 Å². The molecule has 0 spiro atoms. The first-order chi connectivity index (χ1) is 17.4. The van der Waals surface area contributed by atoms with Gasteiger partial charge in [-0.05, 0) is 56.8 Å². The lowest BCUT2D eigenvalue weighted by Gasteiger charge is -2.39. The van der Waals surface area contributed by atoms with E-state index in [-0.39, 0.29) is 24.5 Å². The number of benzene rings is 2. The molecule has 2 aromatic carbocycles. The average molecular weight is 494 g/mol. The number of likely N-dealkylation sites (tertiary alicyclic amines) is 1. The summed E-state index contributed by atoms with van der Waals surface area (Å²) < 4.78 is 11.5. The quantitative estimate of drug-likeness (QED) is 0.449. The maximum Gasteiger partial charge on any atom is 0.280 e. The third kappa shape index (κ3) is 5.22. The summed E-state index contributed by atoms with van der Waals surface area (Å²) in [6.07, 6.45) is 0.978. The number of carbonyl (C=O) groups excluding carboxylic acids is 1. The van der Waals surface area contributed by atoms with E-state index in [1.165, 1.54) is 10.5 Å². The molecule has 36 heavy (non-hydrogen) atoms. The molecule has 2 aliphatic heterocycles. The number of nitrogens with zero attached hydrogens (tertiary/aromatic N) is 4. The summed E-state index contributed by atoms with van der Waals surface area (Å²) in [7, 11) is 5.46. The Hall–Kier alpha value is -3.43. The minimum atomic E-state index is -0.437. The fraction of sp³-hybridized carbons (Fsp3) is 0.444. The molecule has 0 aliphatic carbocycles.